The molecule has 0 saturated carbocycles. The van der Waals surface area contributed by atoms with E-state index >= 15 is 0 Å². The largest absolute Gasteiger partial charge is 0.338 e. The fourth-order valence-electron chi connectivity index (χ4n) is 0.750. The normalized spacial score (nSPS) is 9.18. The van der Waals surface area contributed by atoms with Crippen LogP contribution in [0.15, 0.2) is 11.1 Å². The molecule has 0 aromatic carbocycles. The van der Waals surface area contributed by atoms with Crippen molar-refractivity contribution in [3.63, 3.8) is 0 Å². The first-order valence-corrected chi connectivity index (χ1v) is 3.09. The van der Waals surface area contributed by atoms with Gasteiger partial charge in [0.05, 0.1) is 6.33 Å². The standard InChI is InChI=1S/C7H7N3O/c1-5-6(3-8)7(11)9-4-10(5)2/h4H,1-2H3. The Bertz CT molecular complexity index is 372. The lowest BCUT2D eigenvalue weighted by molar-refractivity contribution is 0.807. The second-order valence-corrected chi connectivity index (χ2v) is 2.23. The van der Waals surface area contributed by atoms with Crippen LogP contribution >= 0.6 is 0 Å². The van der Waals surface area contributed by atoms with Gasteiger partial charge < -0.3 is 4.57 Å². The summed E-state index contributed by atoms with van der Waals surface area (Å²) in [4.78, 5) is 14.4. The highest BCUT2D eigenvalue weighted by molar-refractivity contribution is 5.29. The van der Waals surface area contributed by atoms with Gasteiger partial charge >= 0.3 is 0 Å². The van der Waals surface area contributed by atoms with Crippen LogP contribution in [0.5, 0.6) is 0 Å². The predicted octanol–water partition coefficient (Wildman–Crippen LogP) is -0.0396. The van der Waals surface area contributed by atoms with Gasteiger partial charge in [0.25, 0.3) is 5.56 Å². The number of hydrogen-bond donors (Lipinski definition) is 0. The summed E-state index contributed by atoms with van der Waals surface area (Å²) in [5.74, 6) is 0. The van der Waals surface area contributed by atoms with Gasteiger partial charge in [-0.05, 0) is 6.92 Å². The Morgan fingerprint density at radius 1 is 1.73 bits per heavy atom. The van der Waals surface area contributed by atoms with E-state index in [1.807, 2.05) is 6.07 Å². The number of aromatic nitrogens is 2. The van der Waals surface area contributed by atoms with Crippen LogP contribution in [0.3, 0.4) is 0 Å². The molecule has 11 heavy (non-hydrogen) atoms. The second kappa shape index (κ2) is 2.54. The Morgan fingerprint density at radius 2 is 2.36 bits per heavy atom. The van der Waals surface area contributed by atoms with Gasteiger partial charge in [0.15, 0.2) is 0 Å². The third-order valence-electron chi connectivity index (χ3n) is 1.56. The van der Waals surface area contributed by atoms with Crippen molar-refractivity contribution in [2.75, 3.05) is 0 Å². The molecule has 0 aliphatic rings. The number of nitriles is 1. The van der Waals surface area contributed by atoms with E-state index in [-0.39, 0.29) is 5.56 Å². The summed E-state index contributed by atoms with van der Waals surface area (Å²) in [5.41, 5.74) is 0.311. The SMILES string of the molecule is Cc1c(C#N)c(=O)ncn1C. The number of rotatable bonds is 0. The fourth-order valence-corrected chi connectivity index (χ4v) is 0.750. The monoisotopic (exact) mass is 149 g/mol. The summed E-state index contributed by atoms with van der Waals surface area (Å²) < 4.78 is 1.64. The van der Waals surface area contributed by atoms with Crippen molar-refractivity contribution >= 4 is 0 Å². The van der Waals surface area contributed by atoms with Gasteiger partial charge in [0, 0.05) is 12.7 Å². The fraction of sp³-hybridized carbons (Fsp3) is 0.286. The molecule has 0 atom stereocenters. The van der Waals surface area contributed by atoms with Gasteiger partial charge in [0.1, 0.15) is 11.6 Å². The Morgan fingerprint density at radius 3 is 2.82 bits per heavy atom. The molecule has 1 aromatic rings. The second-order valence-electron chi connectivity index (χ2n) is 2.23. The van der Waals surface area contributed by atoms with Gasteiger partial charge in [0.2, 0.25) is 0 Å². The third-order valence-corrected chi connectivity index (χ3v) is 1.56. The lowest BCUT2D eigenvalue weighted by atomic mass is 10.2. The molecule has 0 unspecified atom stereocenters. The molecule has 1 heterocycles. The quantitative estimate of drug-likeness (QED) is 0.520. The van der Waals surface area contributed by atoms with Crippen LogP contribution in [-0.2, 0) is 7.05 Å². The lowest BCUT2D eigenvalue weighted by Gasteiger charge is -2.01. The van der Waals surface area contributed by atoms with E-state index in [0.29, 0.717) is 5.69 Å². The van der Waals surface area contributed by atoms with Crippen molar-refractivity contribution < 1.29 is 0 Å². The molecule has 1 rings (SSSR count). The van der Waals surface area contributed by atoms with Crippen LogP contribution in [0.4, 0.5) is 0 Å². The summed E-state index contributed by atoms with van der Waals surface area (Å²) in [6.45, 7) is 1.71. The van der Waals surface area contributed by atoms with Crippen molar-refractivity contribution in [2.45, 2.75) is 6.92 Å². The van der Waals surface area contributed by atoms with E-state index in [2.05, 4.69) is 4.98 Å². The predicted molar refractivity (Wildman–Crippen MR) is 38.9 cm³/mol. The van der Waals surface area contributed by atoms with Gasteiger partial charge in [-0.1, -0.05) is 0 Å². The van der Waals surface area contributed by atoms with Gasteiger partial charge in [-0.15, -0.1) is 0 Å². The molecule has 4 heteroatoms. The van der Waals surface area contributed by atoms with Crippen LogP contribution < -0.4 is 5.56 Å². The minimum Gasteiger partial charge on any atom is -0.338 e. The van der Waals surface area contributed by atoms with E-state index in [9.17, 15) is 4.79 Å². The molecular weight excluding hydrogens is 142 g/mol. The minimum absolute atomic E-state index is 0.120. The molecule has 0 saturated heterocycles. The summed E-state index contributed by atoms with van der Waals surface area (Å²) in [6.07, 6.45) is 1.40. The maximum atomic E-state index is 10.9. The van der Waals surface area contributed by atoms with Crippen LogP contribution in [0.1, 0.15) is 11.3 Å². The molecule has 0 bridgehead atoms. The van der Waals surface area contributed by atoms with Crippen molar-refractivity contribution in [1.29, 1.82) is 5.26 Å². The highest BCUT2D eigenvalue weighted by Gasteiger charge is 2.03. The first-order valence-electron chi connectivity index (χ1n) is 3.09. The average molecular weight is 149 g/mol. The topological polar surface area (TPSA) is 58.7 Å². The molecule has 0 amide bonds. The first kappa shape index (κ1) is 7.48. The van der Waals surface area contributed by atoms with Crippen LogP contribution in [0.2, 0.25) is 0 Å². The van der Waals surface area contributed by atoms with Crippen LogP contribution in [0, 0.1) is 18.3 Å². The Kier molecular flexibility index (Phi) is 1.73. The average Bonchev–Trinajstić information content (AvgIpc) is 1.99. The van der Waals surface area contributed by atoms with Gasteiger partial charge in [-0.3, -0.25) is 4.79 Å². The van der Waals surface area contributed by atoms with Gasteiger partial charge in [-0.2, -0.15) is 10.2 Å². The van der Waals surface area contributed by atoms with Crippen molar-refractivity contribution in [3.05, 3.63) is 27.9 Å². The smallest absolute Gasteiger partial charge is 0.290 e. The number of aryl methyl sites for hydroxylation is 1. The summed E-state index contributed by atoms with van der Waals surface area (Å²) in [6, 6.07) is 1.81. The molecule has 0 radical (unpaired) electrons. The van der Waals surface area contributed by atoms with E-state index in [1.165, 1.54) is 6.33 Å². The zero-order chi connectivity index (χ0) is 8.43. The first-order chi connectivity index (χ1) is 5.16. The summed E-state index contributed by atoms with van der Waals surface area (Å²) in [5, 5.41) is 8.52. The Labute approximate surface area is 63.7 Å². The highest BCUT2D eigenvalue weighted by atomic mass is 16.1. The molecule has 0 spiro atoms. The molecule has 1 aromatic heterocycles. The molecule has 0 fully saturated rings. The zero-order valence-corrected chi connectivity index (χ0v) is 6.33. The van der Waals surface area contributed by atoms with Crippen LogP contribution in [-0.4, -0.2) is 9.55 Å². The molecule has 0 aliphatic carbocycles. The molecular formula is C7H7N3O. The van der Waals surface area contributed by atoms with E-state index in [0.717, 1.165) is 0 Å². The molecule has 0 aliphatic heterocycles. The lowest BCUT2D eigenvalue weighted by Crippen LogP contribution is -2.16. The van der Waals surface area contributed by atoms with E-state index in [1.54, 1.807) is 18.5 Å². The van der Waals surface area contributed by atoms with Crippen molar-refractivity contribution in [1.82, 2.24) is 9.55 Å². The number of hydrogen-bond acceptors (Lipinski definition) is 3. The number of nitrogens with zero attached hydrogens (tertiary/aromatic N) is 3. The Balaban J connectivity index is 3.57. The Hall–Kier alpha value is -1.63. The maximum Gasteiger partial charge on any atom is 0.290 e. The van der Waals surface area contributed by atoms with Crippen LogP contribution in [0.25, 0.3) is 0 Å². The van der Waals surface area contributed by atoms with Crippen molar-refractivity contribution in [2.24, 2.45) is 7.05 Å². The summed E-state index contributed by atoms with van der Waals surface area (Å²) in [7, 11) is 1.74. The zero-order valence-electron chi connectivity index (χ0n) is 6.33. The van der Waals surface area contributed by atoms with Crippen molar-refractivity contribution in [3.8, 4) is 6.07 Å². The van der Waals surface area contributed by atoms with E-state index in [4.69, 9.17) is 5.26 Å². The highest BCUT2D eigenvalue weighted by Crippen LogP contribution is 1.95. The maximum absolute atomic E-state index is 10.9. The third kappa shape index (κ3) is 1.13. The summed E-state index contributed by atoms with van der Waals surface area (Å²) >= 11 is 0. The molecule has 4 nitrogen and oxygen atoms in total. The minimum atomic E-state index is -0.455. The van der Waals surface area contributed by atoms with Gasteiger partial charge in [-0.25, -0.2) is 0 Å². The van der Waals surface area contributed by atoms with E-state index < -0.39 is 5.56 Å². The molecule has 56 valence electrons. The molecule has 0 N–H and O–H groups in total.